The number of hydrogen-bond acceptors (Lipinski definition) is 3. The number of piperidine rings is 1. The molecule has 0 bridgehead atoms. The normalized spacial score (nSPS) is 17.9. The van der Waals surface area contributed by atoms with Crippen LogP contribution in [0.5, 0.6) is 0 Å². The van der Waals surface area contributed by atoms with E-state index in [1.54, 1.807) is 0 Å². The van der Waals surface area contributed by atoms with Crippen molar-refractivity contribution in [1.29, 1.82) is 0 Å². The lowest BCUT2D eigenvalue weighted by atomic mass is 9.99. The Hall–Kier alpha value is -1.29. The van der Waals surface area contributed by atoms with Crippen LogP contribution in [0.15, 0.2) is 18.3 Å². The predicted molar refractivity (Wildman–Crippen MR) is 68.0 cm³/mol. The Morgan fingerprint density at radius 1 is 1.44 bits per heavy atom. The van der Waals surface area contributed by atoms with Crippen LogP contribution in [0.4, 0.5) is 4.39 Å². The lowest BCUT2D eigenvalue weighted by molar-refractivity contribution is 0.0948. The van der Waals surface area contributed by atoms with Crippen molar-refractivity contribution in [3.05, 3.63) is 29.8 Å². The minimum absolute atomic E-state index is 0.00591. The molecule has 1 fully saturated rings. The van der Waals surface area contributed by atoms with Gasteiger partial charge in [-0.25, -0.2) is 4.39 Å². The summed E-state index contributed by atoms with van der Waals surface area (Å²) in [7, 11) is 0. The molecule has 0 saturated carbocycles. The van der Waals surface area contributed by atoms with Gasteiger partial charge in [-0.1, -0.05) is 6.92 Å². The van der Waals surface area contributed by atoms with Crippen molar-refractivity contribution in [2.24, 2.45) is 5.92 Å². The fraction of sp³-hybridized carbons (Fsp3) is 0.571. The van der Waals surface area contributed by atoms with Gasteiger partial charge in [0.05, 0.1) is 6.20 Å². The summed E-state index contributed by atoms with van der Waals surface area (Å²) in [5.41, 5.74) is 0.363. The molecule has 0 N–H and O–H groups in total. The molecule has 2 rings (SSSR count). The van der Waals surface area contributed by atoms with Crippen molar-refractivity contribution in [3.63, 3.8) is 0 Å². The quantitative estimate of drug-likeness (QED) is 0.770. The molecule has 1 aromatic heterocycles. The van der Waals surface area contributed by atoms with Gasteiger partial charge < -0.3 is 4.90 Å². The zero-order chi connectivity index (χ0) is 13.0. The maximum atomic E-state index is 12.7. The zero-order valence-electron chi connectivity index (χ0n) is 10.7. The van der Waals surface area contributed by atoms with Crippen molar-refractivity contribution >= 4 is 5.78 Å². The number of pyridine rings is 1. The third-order valence-corrected chi connectivity index (χ3v) is 3.54. The minimum atomic E-state index is -0.406. The van der Waals surface area contributed by atoms with Crippen molar-refractivity contribution in [3.8, 4) is 0 Å². The minimum Gasteiger partial charge on any atom is -0.303 e. The number of likely N-dealkylation sites (tertiary alicyclic amines) is 1. The number of nitrogens with zero attached hydrogens (tertiary/aromatic N) is 2. The first-order valence-electron chi connectivity index (χ1n) is 6.52. The van der Waals surface area contributed by atoms with E-state index in [1.165, 1.54) is 25.0 Å². The van der Waals surface area contributed by atoms with Crippen LogP contribution in [0.2, 0.25) is 0 Å². The molecule has 98 valence electrons. The van der Waals surface area contributed by atoms with Gasteiger partial charge in [-0.15, -0.1) is 0 Å². The monoisotopic (exact) mass is 250 g/mol. The molecule has 18 heavy (non-hydrogen) atoms. The highest BCUT2D eigenvalue weighted by Crippen LogP contribution is 2.16. The number of rotatable bonds is 4. The average Bonchev–Trinajstić information content (AvgIpc) is 2.38. The Morgan fingerprint density at radius 2 is 2.17 bits per heavy atom. The number of carbonyl (C=O) groups is 1. The number of hydrogen-bond donors (Lipinski definition) is 0. The van der Waals surface area contributed by atoms with E-state index < -0.39 is 5.82 Å². The molecule has 1 aliphatic rings. The SMILES string of the molecule is CC1CCN(CCC(=O)c2ccc(F)cn2)CC1. The summed E-state index contributed by atoms with van der Waals surface area (Å²) in [6.45, 7) is 5.20. The molecule has 0 aliphatic carbocycles. The molecule has 1 saturated heterocycles. The van der Waals surface area contributed by atoms with Crippen molar-refractivity contribution < 1.29 is 9.18 Å². The van der Waals surface area contributed by atoms with Gasteiger partial charge >= 0.3 is 0 Å². The largest absolute Gasteiger partial charge is 0.303 e. The summed E-state index contributed by atoms with van der Waals surface area (Å²) in [5.74, 6) is 0.390. The van der Waals surface area contributed by atoms with Gasteiger partial charge in [0.25, 0.3) is 0 Å². The molecule has 1 aromatic rings. The van der Waals surface area contributed by atoms with Crippen LogP contribution in [0.3, 0.4) is 0 Å². The number of ketones is 1. The van der Waals surface area contributed by atoms with Gasteiger partial charge in [-0.2, -0.15) is 0 Å². The van der Waals surface area contributed by atoms with Crippen LogP contribution >= 0.6 is 0 Å². The summed E-state index contributed by atoms with van der Waals surface area (Å²) >= 11 is 0. The van der Waals surface area contributed by atoms with Crippen LogP contribution in [-0.2, 0) is 0 Å². The van der Waals surface area contributed by atoms with E-state index in [4.69, 9.17) is 0 Å². The summed E-state index contributed by atoms with van der Waals surface area (Å²) in [6.07, 6.45) is 3.98. The molecule has 0 unspecified atom stereocenters. The third-order valence-electron chi connectivity index (χ3n) is 3.54. The second-order valence-electron chi connectivity index (χ2n) is 5.06. The van der Waals surface area contributed by atoms with Gasteiger partial charge in [0.1, 0.15) is 11.5 Å². The van der Waals surface area contributed by atoms with Crippen LogP contribution in [0.25, 0.3) is 0 Å². The number of aromatic nitrogens is 1. The second-order valence-corrected chi connectivity index (χ2v) is 5.06. The van der Waals surface area contributed by atoms with Crippen molar-refractivity contribution in [2.45, 2.75) is 26.2 Å². The number of Topliss-reactive ketones (excluding diaryl/α,β-unsaturated/α-hetero) is 1. The third kappa shape index (κ3) is 3.60. The van der Waals surface area contributed by atoms with E-state index in [1.807, 2.05) is 0 Å². The first-order chi connectivity index (χ1) is 8.65. The molecular weight excluding hydrogens is 231 g/mol. The van der Waals surface area contributed by atoms with Gasteiger partial charge in [0, 0.05) is 13.0 Å². The van der Waals surface area contributed by atoms with Gasteiger partial charge in [-0.3, -0.25) is 9.78 Å². The van der Waals surface area contributed by atoms with Crippen LogP contribution in [-0.4, -0.2) is 35.3 Å². The van der Waals surface area contributed by atoms with Crippen LogP contribution < -0.4 is 0 Å². The van der Waals surface area contributed by atoms with Crippen molar-refractivity contribution in [1.82, 2.24) is 9.88 Å². The van der Waals surface area contributed by atoms with E-state index in [0.717, 1.165) is 31.7 Å². The Balaban J connectivity index is 1.79. The first kappa shape index (κ1) is 13.1. The standard InChI is InChI=1S/C14H19FN2O/c1-11-4-7-17(8-5-11)9-6-14(18)13-3-2-12(15)10-16-13/h2-3,10-11H,4-9H2,1H3. The van der Waals surface area contributed by atoms with Crippen molar-refractivity contribution in [2.75, 3.05) is 19.6 Å². The van der Waals surface area contributed by atoms with E-state index >= 15 is 0 Å². The van der Waals surface area contributed by atoms with Gasteiger partial charge in [-0.05, 0) is 44.0 Å². The smallest absolute Gasteiger partial charge is 0.182 e. The molecular formula is C14H19FN2O. The molecule has 2 heterocycles. The molecule has 4 heteroatoms. The fourth-order valence-corrected chi connectivity index (χ4v) is 2.21. The highest BCUT2D eigenvalue weighted by molar-refractivity contribution is 5.94. The average molecular weight is 250 g/mol. The Kier molecular flexibility index (Phi) is 4.42. The van der Waals surface area contributed by atoms with E-state index in [0.29, 0.717) is 12.1 Å². The van der Waals surface area contributed by atoms with Crippen LogP contribution in [0, 0.1) is 11.7 Å². The zero-order valence-corrected chi connectivity index (χ0v) is 10.7. The Labute approximate surface area is 107 Å². The molecule has 0 atom stereocenters. The Morgan fingerprint density at radius 3 is 2.78 bits per heavy atom. The summed E-state index contributed by atoms with van der Waals surface area (Å²) in [6, 6.07) is 2.73. The number of halogens is 1. The molecule has 0 radical (unpaired) electrons. The van der Waals surface area contributed by atoms with Gasteiger partial charge in [0.15, 0.2) is 5.78 Å². The lowest BCUT2D eigenvalue weighted by Crippen LogP contribution is -2.34. The van der Waals surface area contributed by atoms with Crippen LogP contribution in [0.1, 0.15) is 36.7 Å². The van der Waals surface area contributed by atoms with E-state index in [9.17, 15) is 9.18 Å². The molecule has 0 spiro atoms. The highest BCUT2D eigenvalue weighted by Gasteiger charge is 2.17. The Bertz CT molecular complexity index is 397. The maximum absolute atomic E-state index is 12.7. The first-order valence-corrected chi connectivity index (χ1v) is 6.52. The summed E-state index contributed by atoms with van der Waals surface area (Å²) in [4.78, 5) is 18.0. The predicted octanol–water partition coefficient (Wildman–Crippen LogP) is 2.53. The lowest BCUT2D eigenvalue weighted by Gasteiger charge is -2.29. The molecule has 0 aromatic carbocycles. The maximum Gasteiger partial charge on any atom is 0.182 e. The fourth-order valence-electron chi connectivity index (χ4n) is 2.21. The van der Waals surface area contributed by atoms with E-state index in [2.05, 4.69) is 16.8 Å². The second kappa shape index (κ2) is 6.05. The van der Waals surface area contributed by atoms with E-state index in [-0.39, 0.29) is 5.78 Å². The highest BCUT2D eigenvalue weighted by atomic mass is 19.1. The van der Waals surface area contributed by atoms with Gasteiger partial charge in [0.2, 0.25) is 0 Å². The summed E-state index contributed by atoms with van der Waals surface area (Å²) < 4.78 is 12.7. The molecule has 1 aliphatic heterocycles. The topological polar surface area (TPSA) is 33.2 Å². The number of carbonyl (C=O) groups excluding carboxylic acids is 1. The molecule has 0 amide bonds. The molecule has 3 nitrogen and oxygen atoms in total. The summed E-state index contributed by atoms with van der Waals surface area (Å²) in [5, 5.41) is 0.